The van der Waals surface area contributed by atoms with Crippen LogP contribution in [0, 0.1) is 5.92 Å². The van der Waals surface area contributed by atoms with Crippen molar-refractivity contribution in [3.05, 3.63) is 64.2 Å². The number of unbranched alkanes of at least 4 members (excludes halogenated alkanes) is 1. The van der Waals surface area contributed by atoms with Crippen LogP contribution in [0.2, 0.25) is 5.02 Å². The highest BCUT2D eigenvalue weighted by Crippen LogP contribution is 2.54. The number of halogens is 1. The Hall–Kier alpha value is -2.04. The molecule has 160 valence electrons. The third-order valence-corrected chi connectivity index (χ3v) is 6.87. The number of hydrogen-bond donors (Lipinski definition) is 1. The monoisotopic (exact) mass is 428 g/mol. The van der Waals surface area contributed by atoms with Crippen LogP contribution in [0.3, 0.4) is 0 Å². The normalized spacial score (nSPS) is 26.9. The van der Waals surface area contributed by atoms with Gasteiger partial charge < -0.3 is 14.6 Å². The Bertz CT molecular complexity index is 921. The smallest absolute Gasteiger partial charge is 0.335 e. The van der Waals surface area contributed by atoms with Crippen LogP contribution in [0.25, 0.3) is 0 Å². The summed E-state index contributed by atoms with van der Waals surface area (Å²) in [6.45, 7) is 6.40. The van der Waals surface area contributed by atoms with Gasteiger partial charge in [0, 0.05) is 22.4 Å². The number of fused-ring (bicyclic) bond motifs is 3. The minimum atomic E-state index is -0.934. The van der Waals surface area contributed by atoms with E-state index in [0.29, 0.717) is 0 Å². The van der Waals surface area contributed by atoms with Gasteiger partial charge in [-0.25, -0.2) is 4.79 Å². The lowest BCUT2D eigenvalue weighted by Gasteiger charge is -2.51. The second kappa shape index (κ2) is 8.24. The van der Waals surface area contributed by atoms with E-state index in [-0.39, 0.29) is 29.6 Å². The largest absolute Gasteiger partial charge is 0.487 e. The van der Waals surface area contributed by atoms with Gasteiger partial charge in [-0.1, -0.05) is 43.5 Å². The molecule has 0 unspecified atom stereocenters. The fourth-order valence-electron chi connectivity index (χ4n) is 4.96. The summed E-state index contributed by atoms with van der Waals surface area (Å²) in [5.74, 6) is 0.164. The van der Waals surface area contributed by atoms with Gasteiger partial charge in [0.1, 0.15) is 11.4 Å². The molecule has 4 atom stereocenters. The standard InChI is InChI=1S/C25H29ClO4/c1-4-5-6-21-18(15-7-10-17(26)11-8-15)14-20-23(29-21)19-13-16(24(27)28)9-12-22(19)30-25(20,2)3/h7-13,18,20-21,23H,4-6,14H2,1-3H3,(H,27,28)/t18-,20+,21+,23-/m1/s1. The van der Waals surface area contributed by atoms with Gasteiger partial charge in [-0.15, -0.1) is 0 Å². The number of ether oxygens (including phenoxy) is 2. The fraction of sp³-hybridized carbons (Fsp3) is 0.480. The quantitative estimate of drug-likeness (QED) is 0.580. The van der Waals surface area contributed by atoms with Gasteiger partial charge in [-0.2, -0.15) is 0 Å². The first kappa shape index (κ1) is 21.2. The van der Waals surface area contributed by atoms with Gasteiger partial charge >= 0.3 is 5.97 Å². The zero-order valence-electron chi connectivity index (χ0n) is 17.7. The van der Waals surface area contributed by atoms with E-state index >= 15 is 0 Å². The molecular formula is C25H29ClO4. The summed E-state index contributed by atoms with van der Waals surface area (Å²) >= 11 is 6.12. The zero-order chi connectivity index (χ0) is 21.5. The number of carboxylic acids is 1. The number of carboxylic acid groups (broad SMARTS) is 1. The first-order valence-corrected chi connectivity index (χ1v) is 11.1. The summed E-state index contributed by atoms with van der Waals surface area (Å²) in [7, 11) is 0. The maximum atomic E-state index is 11.6. The number of carbonyl (C=O) groups is 1. The molecule has 1 N–H and O–H groups in total. The third kappa shape index (κ3) is 3.95. The van der Waals surface area contributed by atoms with E-state index in [0.717, 1.165) is 42.0 Å². The van der Waals surface area contributed by atoms with Crippen LogP contribution in [-0.4, -0.2) is 22.8 Å². The van der Waals surface area contributed by atoms with Crippen LogP contribution in [0.15, 0.2) is 42.5 Å². The number of aromatic carboxylic acids is 1. The highest BCUT2D eigenvalue weighted by molar-refractivity contribution is 6.30. The van der Waals surface area contributed by atoms with Gasteiger partial charge in [-0.05, 0) is 62.6 Å². The maximum absolute atomic E-state index is 11.6. The topological polar surface area (TPSA) is 55.8 Å². The molecular weight excluding hydrogens is 400 g/mol. The molecule has 4 rings (SSSR count). The summed E-state index contributed by atoms with van der Waals surface area (Å²) < 4.78 is 13.1. The average Bonchev–Trinajstić information content (AvgIpc) is 2.71. The second-order valence-corrected chi connectivity index (χ2v) is 9.44. The number of rotatable bonds is 5. The van der Waals surface area contributed by atoms with E-state index in [9.17, 15) is 9.90 Å². The average molecular weight is 429 g/mol. The van der Waals surface area contributed by atoms with Crippen LogP contribution >= 0.6 is 11.6 Å². The Kier molecular flexibility index (Phi) is 5.82. The van der Waals surface area contributed by atoms with Gasteiger partial charge in [-0.3, -0.25) is 0 Å². The minimum absolute atomic E-state index is 0.0719. The van der Waals surface area contributed by atoms with Crippen LogP contribution in [0.5, 0.6) is 5.75 Å². The highest BCUT2D eigenvalue weighted by Gasteiger charge is 2.50. The van der Waals surface area contributed by atoms with Gasteiger partial charge in [0.2, 0.25) is 0 Å². The Morgan fingerprint density at radius 1 is 1.20 bits per heavy atom. The molecule has 1 saturated heterocycles. The molecule has 0 radical (unpaired) electrons. The summed E-state index contributed by atoms with van der Waals surface area (Å²) in [6, 6.07) is 13.2. The fourth-order valence-corrected chi connectivity index (χ4v) is 5.08. The molecule has 4 nitrogen and oxygen atoms in total. The zero-order valence-corrected chi connectivity index (χ0v) is 18.5. The molecule has 5 heteroatoms. The van der Waals surface area contributed by atoms with Crippen LogP contribution in [0.4, 0.5) is 0 Å². The van der Waals surface area contributed by atoms with Crippen LogP contribution < -0.4 is 4.74 Å². The van der Waals surface area contributed by atoms with E-state index in [1.165, 1.54) is 5.56 Å². The maximum Gasteiger partial charge on any atom is 0.335 e. The van der Waals surface area contributed by atoms with E-state index in [2.05, 4.69) is 32.9 Å². The molecule has 0 saturated carbocycles. The highest BCUT2D eigenvalue weighted by atomic mass is 35.5. The van der Waals surface area contributed by atoms with Crippen molar-refractivity contribution in [2.75, 3.05) is 0 Å². The molecule has 2 aromatic rings. The lowest BCUT2D eigenvalue weighted by Crippen LogP contribution is -2.50. The van der Waals surface area contributed by atoms with Crippen molar-refractivity contribution in [3.8, 4) is 5.75 Å². The predicted octanol–water partition coefficient (Wildman–Crippen LogP) is 6.63. The van der Waals surface area contributed by atoms with Crippen molar-refractivity contribution in [1.82, 2.24) is 0 Å². The number of benzene rings is 2. The molecule has 2 aliphatic rings. The molecule has 2 heterocycles. The lowest BCUT2D eigenvalue weighted by molar-refractivity contribution is -0.160. The first-order valence-electron chi connectivity index (χ1n) is 10.8. The van der Waals surface area contributed by atoms with E-state index in [4.69, 9.17) is 21.1 Å². The summed E-state index contributed by atoms with van der Waals surface area (Å²) in [5, 5.41) is 10.2. The van der Waals surface area contributed by atoms with Gasteiger partial charge in [0.15, 0.2) is 0 Å². The Morgan fingerprint density at radius 2 is 1.93 bits per heavy atom. The van der Waals surface area contributed by atoms with Crippen LogP contribution in [-0.2, 0) is 4.74 Å². The number of hydrogen-bond acceptors (Lipinski definition) is 3. The minimum Gasteiger partial charge on any atom is -0.487 e. The van der Waals surface area contributed by atoms with Crippen molar-refractivity contribution in [1.29, 1.82) is 0 Å². The van der Waals surface area contributed by atoms with Crippen molar-refractivity contribution < 1.29 is 19.4 Å². The Morgan fingerprint density at radius 3 is 2.60 bits per heavy atom. The summed E-state index contributed by atoms with van der Waals surface area (Å²) in [6.07, 6.45) is 3.99. The third-order valence-electron chi connectivity index (χ3n) is 6.61. The Balaban J connectivity index is 1.74. The molecule has 2 aliphatic heterocycles. The Labute approximate surface area is 183 Å². The van der Waals surface area contributed by atoms with Crippen molar-refractivity contribution >= 4 is 17.6 Å². The molecule has 30 heavy (non-hydrogen) atoms. The molecule has 1 fully saturated rings. The summed E-state index contributed by atoms with van der Waals surface area (Å²) in [4.78, 5) is 11.6. The first-order chi connectivity index (χ1) is 14.3. The summed E-state index contributed by atoms with van der Waals surface area (Å²) in [5.41, 5.74) is 1.95. The second-order valence-electron chi connectivity index (χ2n) is 9.00. The lowest BCUT2D eigenvalue weighted by atomic mass is 9.69. The SMILES string of the molecule is CCCC[C@@H]1O[C@@H]2c3cc(C(=O)O)ccc3OC(C)(C)[C@H]2C[C@@H]1c1ccc(Cl)cc1. The molecule has 0 amide bonds. The van der Waals surface area contributed by atoms with Crippen molar-refractivity contribution in [2.45, 2.75) is 70.2 Å². The van der Waals surface area contributed by atoms with E-state index in [1.54, 1.807) is 18.2 Å². The molecule has 0 bridgehead atoms. The van der Waals surface area contributed by atoms with Gasteiger partial charge in [0.25, 0.3) is 0 Å². The van der Waals surface area contributed by atoms with Crippen LogP contribution in [0.1, 0.15) is 80.0 Å². The predicted molar refractivity (Wildman–Crippen MR) is 118 cm³/mol. The van der Waals surface area contributed by atoms with Crippen molar-refractivity contribution in [3.63, 3.8) is 0 Å². The molecule has 0 aromatic heterocycles. The molecule has 2 aromatic carbocycles. The molecule has 0 spiro atoms. The molecule has 0 aliphatic carbocycles. The van der Waals surface area contributed by atoms with Gasteiger partial charge in [0.05, 0.1) is 17.8 Å². The van der Waals surface area contributed by atoms with E-state index < -0.39 is 11.6 Å². The van der Waals surface area contributed by atoms with Crippen molar-refractivity contribution in [2.24, 2.45) is 5.92 Å². The van der Waals surface area contributed by atoms with E-state index in [1.807, 2.05) is 12.1 Å².